The Kier molecular flexibility index (Phi) is 3.19. The van der Waals surface area contributed by atoms with Crippen LogP contribution in [0, 0.1) is 6.92 Å². The molecule has 5 heteroatoms. The fourth-order valence-electron chi connectivity index (χ4n) is 2.70. The van der Waals surface area contributed by atoms with Crippen LogP contribution in [-0.4, -0.2) is 14.8 Å². The Morgan fingerprint density at radius 2 is 2.26 bits per heavy atom. The van der Waals surface area contributed by atoms with Crippen LogP contribution in [0.5, 0.6) is 0 Å². The Labute approximate surface area is 117 Å². The second-order valence-electron chi connectivity index (χ2n) is 5.11. The number of rotatable bonds is 2. The van der Waals surface area contributed by atoms with Crippen LogP contribution in [0.3, 0.4) is 0 Å². The van der Waals surface area contributed by atoms with Gasteiger partial charge in [-0.3, -0.25) is 4.68 Å². The number of nitrogens with zero attached hydrogens (tertiary/aromatic N) is 3. The van der Waals surface area contributed by atoms with Crippen LogP contribution in [0.2, 0.25) is 5.15 Å². The number of aromatic nitrogens is 3. The minimum absolute atomic E-state index is 0.276. The van der Waals surface area contributed by atoms with E-state index >= 15 is 0 Å². The second-order valence-corrected chi connectivity index (χ2v) is 5.47. The van der Waals surface area contributed by atoms with Crippen LogP contribution in [0.15, 0.2) is 18.5 Å². The SMILES string of the molecule is Cc1cnc(Cl)c(NC2CCCc3c2cnn3C)c1. The van der Waals surface area contributed by atoms with E-state index in [-0.39, 0.29) is 6.04 Å². The maximum absolute atomic E-state index is 6.15. The van der Waals surface area contributed by atoms with Gasteiger partial charge in [-0.25, -0.2) is 4.98 Å². The van der Waals surface area contributed by atoms with Crippen LogP contribution in [0.4, 0.5) is 5.69 Å². The zero-order valence-electron chi connectivity index (χ0n) is 11.2. The van der Waals surface area contributed by atoms with Crippen molar-refractivity contribution in [2.75, 3.05) is 5.32 Å². The van der Waals surface area contributed by atoms with E-state index in [1.807, 2.05) is 30.9 Å². The minimum Gasteiger partial charge on any atom is -0.376 e. The molecule has 1 N–H and O–H groups in total. The molecule has 0 spiro atoms. The molecule has 0 fully saturated rings. The Morgan fingerprint density at radius 3 is 3.11 bits per heavy atom. The summed E-state index contributed by atoms with van der Waals surface area (Å²) in [6.45, 7) is 2.02. The number of fused-ring (bicyclic) bond motifs is 1. The molecule has 2 aromatic rings. The molecule has 3 rings (SSSR count). The topological polar surface area (TPSA) is 42.7 Å². The highest BCUT2D eigenvalue weighted by Gasteiger charge is 2.23. The summed E-state index contributed by atoms with van der Waals surface area (Å²) in [5, 5.41) is 8.40. The van der Waals surface area contributed by atoms with Crippen molar-refractivity contribution in [3.63, 3.8) is 0 Å². The first-order valence-electron chi connectivity index (χ1n) is 6.54. The molecule has 1 unspecified atom stereocenters. The summed E-state index contributed by atoms with van der Waals surface area (Å²) in [4.78, 5) is 4.19. The number of hydrogen-bond donors (Lipinski definition) is 1. The molecule has 19 heavy (non-hydrogen) atoms. The van der Waals surface area contributed by atoms with E-state index in [2.05, 4.69) is 15.4 Å². The predicted molar refractivity (Wildman–Crippen MR) is 76.5 cm³/mol. The predicted octanol–water partition coefficient (Wildman–Crippen LogP) is 3.27. The number of halogens is 1. The summed E-state index contributed by atoms with van der Waals surface area (Å²) in [6.07, 6.45) is 7.11. The molecular formula is C14H17ClN4. The first-order chi connectivity index (χ1) is 9.15. The van der Waals surface area contributed by atoms with Crippen LogP contribution in [0.1, 0.15) is 35.7 Å². The van der Waals surface area contributed by atoms with Gasteiger partial charge in [0.25, 0.3) is 0 Å². The van der Waals surface area contributed by atoms with Gasteiger partial charge >= 0.3 is 0 Å². The number of hydrogen-bond acceptors (Lipinski definition) is 3. The third-order valence-electron chi connectivity index (χ3n) is 3.68. The summed E-state index contributed by atoms with van der Waals surface area (Å²) in [6, 6.07) is 2.32. The molecule has 2 aromatic heterocycles. The average molecular weight is 277 g/mol. The molecule has 0 amide bonds. The van der Waals surface area contributed by atoms with Gasteiger partial charge < -0.3 is 5.32 Å². The number of nitrogens with one attached hydrogen (secondary N) is 1. The van der Waals surface area contributed by atoms with Gasteiger partial charge in [-0.15, -0.1) is 0 Å². The van der Waals surface area contributed by atoms with Gasteiger partial charge in [0.1, 0.15) is 0 Å². The van der Waals surface area contributed by atoms with E-state index < -0.39 is 0 Å². The molecule has 0 saturated carbocycles. The van der Waals surface area contributed by atoms with Gasteiger partial charge in [-0.1, -0.05) is 11.6 Å². The summed E-state index contributed by atoms with van der Waals surface area (Å²) >= 11 is 6.15. The lowest BCUT2D eigenvalue weighted by atomic mass is 9.93. The molecule has 4 nitrogen and oxygen atoms in total. The van der Waals surface area contributed by atoms with Crippen molar-refractivity contribution >= 4 is 17.3 Å². The van der Waals surface area contributed by atoms with Crippen molar-refractivity contribution in [2.45, 2.75) is 32.2 Å². The molecule has 0 saturated heterocycles. The highest BCUT2D eigenvalue weighted by Crippen LogP contribution is 2.33. The molecule has 0 aliphatic heterocycles. The fraction of sp³-hybridized carbons (Fsp3) is 0.429. The summed E-state index contributed by atoms with van der Waals surface area (Å²) < 4.78 is 1.97. The Balaban J connectivity index is 1.90. The number of pyridine rings is 1. The summed E-state index contributed by atoms with van der Waals surface area (Å²) in [7, 11) is 2.00. The van der Waals surface area contributed by atoms with Crippen molar-refractivity contribution in [1.29, 1.82) is 0 Å². The van der Waals surface area contributed by atoms with Crippen LogP contribution < -0.4 is 5.32 Å². The second kappa shape index (κ2) is 4.85. The molecule has 0 bridgehead atoms. The van der Waals surface area contributed by atoms with Gasteiger partial charge in [-0.05, 0) is 37.8 Å². The van der Waals surface area contributed by atoms with Crippen LogP contribution in [-0.2, 0) is 13.5 Å². The van der Waals surface area contributed by atoms with Crippen molar-refractivity contribution in [3.8, 4) is 0 Å². The largest absolute Gasteiger partial charge is 0.376 e. The maximum atomic E-state index is 6.15. The molecule has 100 valence electrons. The Morgan fingerprint density at radius 1 is 1.42 bits per heavy atom. The van der Waals surface area contributed by atoms with Crippen molar-refractivity contribution < 1.29 is 0 Å². The summed E-state index contributed by atoms with van der Waals surface area (Å²) in [5.74, 6) is 0. The van der Waals surface area contributed by atoms with Crippen LogP contribution in [0.25, 0.3) is 0 Å². The third kappa shape index (κ3) is 2.32. The zero-order valence-corrected chi connectivity index (χ0v) is 11.9. The smallest absolute Gasteiger partial charge is 0.152 e. The normalized spacial score (nSPS) is 18.2. The highest BCUT2D eigenvalue weighted by molar-refractivity contribution is 6.32. The maximum Gasteiger partial charge on any atom is 0.152 e. The van der Waals surface area contributed by atoms with E-state index in [0.29, 0.717) is 5.15 Å². The van der Waals surface area contributed by atoms with E-state index in [4.69, 9.17) is 11.6 Å². The number of anilines is 1. The zero-order chi connectivity index (χ0) is 13.4. The van der Waals surface area contributed by atoms with Gasteiger partial charge in [0.05, 0.1) is 17.9 Å². The molecule has 1 aliphatic carbocycles. The molecule has 2 heterocycles. The minimum atomic E-state index is 0.276. The van der Waals surface area contributed by atoms with Crippen molar-refractivity contribution in [2.24, 2.45) is 7.05 Å². The van der Waals surface area contributed by atoms with Gasteiger partial charge in [-0.2, -0.15) is 5.10 Å². The van der Waals surface area contributed by atoms with E-state index in [1.54, 1.807) is 6.20 Å². The molecule has 0 aromatic carbocycles. The molecular weight excluding hydrogens is 260 g/mol. The first-order valence-corrected chi connectivity index (χ1v) is 6.92. The molecule has 0 radical (unpaired) electrons. The van der Waals surface area contributed by atoms with E-state index in [9.17, 15) is 0 Å². The monoisotopic (exact) mass is 276 g/mol. The quantitative estimate of drug-likeness (QED) is 0.856. The van der Waals surface area contributed by atoms with Gasteiger partial charge in [0, 0.05) is 24.5 Å². The fourth-order valence-corrected chi connectivity index (χ4v) is 2.86. The summed E-state index contributed by atoms with van der Waals surface area (Å²) in [5.41, 5.74) is 4.62. The molecule has 1 atom stereocenters. The lowest BCUT2D eigenvalue weighted by molar-refractivity contribution is 0.571. The third-order valence-corrected chi connectivity index (χ3v) is 3.98. The lowest BCUT2D eigenvalue weighted by Crippen LogP contribution is -2.18. The lowest BCUT2D eigenvalue weighted by Gasteiger charge is -2.25. The van der Waals surface area contributed by atoms with Gasteiger partial charge in [0.15, 0.2) is 5.15 Å². The average Bonchev–Trinajstić information content (AvgIpc) is 2.77. The molecule has 1 aliphatic rings. The van der Waals surface area contributed by atoms with E-state index in [1.165, 1.54) is 17.7 Å². The van der Waals surface area contributed by atoms with Crippen LogP contribution >= 0.6 is 11.6 Å². The van der Waals surface area contributed by atoms with Crippen molar-refractivity contribution in [3.05, 3.63) is 40.4 Å². The Hall–Kier alpha value is -1.55. The number of aryl methyl sites for hydroxylation is 2. The van der Waals surface area contributed by atoms with Crippen molar-refractivity contribution in [1.82, 2.24) is 14.8 Å². The standard InChI is InChI=1S/C14H17ClN4/c1-9-6-12(14(15)16-7-9)18-11-4-3-5-13-10(11)8-17-19(13)2/h6-8,11,18H,3-5H2,1-2H3. The first kappa shape index (κ1) is 12.5. The van der Waals surface area contributed by atoms with E-state index in [0.717, 1.165) is 24.1 Å². The van der Waals surface area contributed by atoms with Gasteiger partial charge in [0.2, 0.25) is 0 Å². The highest BCUT2D eigenvalue weighted by atomic mass is 35.5. The Bertz CT molecular complexity index is 605.